The molecule has 0 radical (unpaired) electrons. The number of hydrogen-bond donors (Lipinski definition) is 4. The highest BCUT2D eigenvalue weighted by molar-refractivity contribution is 6.31. The number of rotatable bonds is 5. The fourth-order valence-electron chi connectivity index (χ4n) is 5.76. The minimum Gasteiger partial charge on any atom is -0.505 e. The first-order valence-corrected chi connectivity index (χ1v) is 11.4. The number of fused-ring (bicyclic) bond motifs is 3. The Morgan fingerprint density at radius 3 is 2.49 bits per heavy atom. The Hall–Kier alpha value is -4.13. The van der Waals surface area contributed by atoms with Gasteiger partial charge in [0.15, 0.2) is 40.9 Å². The van der Waals surface area contributed by atoms with Crippen molar-refractivity contribution in [2.24, 2.45) is 29.4 Å². The number of carbonyl (C=O) groups is 7. The fraction of sp³-hybridized carbons (Fsp3) is 0.458. The number of aldehydes is 1. The second-order valence-corrected chi connectivity index (χ2v) is 9.67. The molecule has 2 unspecified atom stereocenters. The van der Waals surface area contributed by atoms with Crippen LogP contribution >= 0.6 is 0 Å². The minimum atomic E-state index is -2.75. The van der Waals surface area contributed by atoms with E-state index in [-0.39, 0.29) is 24.1 Å². The lowest BCUT2D eigenvalue weighted by atomic mass is 9.53. The summed E-state index contributed by atoms with van der Waals surface area (Å²) in [4.78, 5) is 88.5. The first-order chi connectivity index (χ1) is 17.3. The number of ether oxygens (including phenoxy) is 1. The van der Waals surface area contributed by atoms with Crippen LogP contribution in [0.4, 0.5) is 16.2 Å². The van der Waals surface area contributed by atoms with Crippen LogP contribution in [-0.2, 0) is 35.1 Å². The predicted octanol–water partition coefficient (Wildman–Crippen LogP) is -0.860. The summed E-state index contributed by atoms with van der Waals surface area (Å²) in [5.41, 5.74) is 2.73. The Morgan fingerprint density at radius 1 is 1.22 bits per heavy atom. The topological polar surface area (TPSA) is 210 Å². The highest BCUT2D eigenvalue weighted by atomic mass is 16.5. The van der Waals surface area contributed by atoms with Gasteiger partial charge in [-0.05, 0) is 30.4 Å². The van der Waals surface area contributed by atoms with E-state index in [9.17, 15) is 43.8 Å². The molecule has 2 fully saturated rings. The van der Waals surface area contributed by atoms with Gasteiger partial charge in [0.25, 0.3) is 0 Å². The molecule has 0 spiro atoms. The summed E-state index contributed by atoms with van der Waals surface area (Å²) in [6, 6.07) is 1.40. The van der Waals surface area contributed by atoms with E-state index < -0.39 is 83.2 Å². The normalized spacial score (nSPS) is 28.5. The maximum atomic E-state index is 13.7. The molecular weight excluding hydrogens is 490 g/mol. The van der Waals surface area contributed by atoms with E-state index in [0.717, 1.165) is 0 Å². The zero-order valence-electron chi connectivity index (χ0n) is 20.0. The molecule has 37 heavy (non-hydrogen) atoms. The van der Waals surface area contributed by atoms with E-state index in [2.05, 4.69) is 10.1 Å². The van der Waals surface area contributed by atoms with Crippen LogP contribution in [0.25, 0.3) is 0 Å². The molecule has 0 heterocycles. The molecule has 13 nitrogen and oxygen atoms in total. The number of phenolic OH excluding ortho intramolecular Hbond substituents is 1. The van der Waals surface area contributed by atoms with Crippen LogP contribution in [0.5, 0.6) is 5.75 Å². The third kappa shape index (κ3) is 3.86. The Bertz CT molecular complexity index is 1270. The monoisotopic (exact) mass is 515 g/mol. The Labute approximate surface area is 209 Å². The summed E-state index contributed by atoms with van der Waals surface area (Å²) in [6.07, 6.45) is -1.11. The van der Waals surface area contributed by atoms with Crippen molar-refractivity contribution < 1.29 is 48.5 Å². The molecule has 13 heteroatoms. The van der Waals surface area contributed by atoms with E-state index in [1.54, 1.807) is 19.0 Å². The summed E-state index contributed by atoms with van der Waals surface area (Å²) in [5, 5.41) is 24.4. The average Bonchev–Trinajstić information content (AvgIpc) is 2.81. The number of anilines is 2. The molecule has 2 amide bonds. The van der Waals surface area contributed by atoms with Gasteiger partial charge in [-0.15, -0.1) is 0 Å². The number of hydrogen-bond acceptors (Lipinski definition) is 11. The van der Waals surface area contributed by atoms with Gasteiger partial charge >= 0.3 is 6.09 Å². The predicted molar refractivity (Wildman–Crippen MR) is 124 cm³/mol. The lowest BCUT2D eigenvalue weighted by molar-refractivity contribution is -0.175. The zero-order chi connectivity index (χ0) is 27.4. The second kappa shape index (κ2) is 9.07. The quantitative estimate of drug-likeness (QED) is 0.215. The van der Waals surface area contributed by atoms with Gasteiger partial charge in [0.1, 0.15) is 12.4 Å². The number of nitrogens with two attached hydrogens (primary N) is 1. The van der Waals surface area contributed by atoms with E-state index >= 15 is 0 Å². The number of Topliss-reactive ketones (excluding diaryl/α,β-unsaturated/α-hetero) is 4. The van der Waals surface area contributed by atoms with Crippen molar-refractivity contribution in [1.29, 1.82) is 0 Å². The van der Waals surface area contributed by atoms with Gasteiger partial charge in [0.2, 0.25) is 5.91 Å². The average molecular weight is 515 g/mol. The molecule has 1 aromatic carbocycles. The molecular formula is C24H25N3O10. The summed E-state index contributed by atoms with van der Waals surface area (Å²) in [6.45, 7) is -0.544. The van der Waals surface area contributed by atoms with Crippen molar-refractivity contribution in [3.63, 3.8) is 0 Å². The number of nitrogens with zero attached hydrogens (tertiary/aromatic N) is 1. The van der Waals surface area contributed by atoms with Crippen molar-refractivity contribution in [1.82, 2.24) is 0 Å². The summed E-state index contributed by atoms with van der Waals surface area (Å²) < 4.78 is 4.63. The summed E-state index contributed by atoms with van der Waals surface area (Å²) in [7, 11) is 3.32. The highest BCUT2D eigenvalue weighted by Gasteiger charge is 2.66. The molecule has 1 aromatic rings. The van der Waals surface area contributed by atoms with Gasteiger partial charge in [0, 0.05) is 32.1 Å². The number of primary amides is 1. The minimum absolute atomic E-state index is 0.0350. The molecule has 0 bridgehead atoms. The van der Waals surface area contributed by atoms with Gasteiger partial charge < -0.3 is 25.6 Å². The van der Waals surface area contributed by atoms with Crippen LogP contribution in [0.15, 0.2) is 6.07 Å². The number of aromatic hydroxyl groups is 1. The smallest absolute Gasteiger partial charge is 0.412 e. The van der Waals surface area contributed by atoms with Crippen molar-refractivity contribution in [3.8, 4) is 5.75 Å². The fourth-order valence-corrected chi connectivity index (χ4v) is 5.76. The molecule has 0 saturated heterocycles. The van der Waals surface area contributed by atoms with E-state index in [1.807, 2.05) is 0 Å². The largest absolute Gasteiger partial charge is 0.505 e. The SMILES string of the molecule is CN(C)c1cc(NC(=O)OCC=O)c(O)c2c1C[C@H]1C[C@H]3CC(=O)C(C(N)=O)C(=O)[C@@]3(O)C(=O)C1C2=O. The van der Waals surface area contributed by atoms with E-state index in [0.29, 0.717) is 17.5 Å². The Morgan fingerprint density at radius 2 is 1.89 bits per heavy atom. The molecule has 0 aliphatic heterocycles. The molecule has 3 aliphatic carbocycles. The Balaban J connectivity index is 1.80. The summed E-state index contributed by atoms with van der Waals surface area (Å²) in [5.74, 6) is -11.5. The lowest BCUT2D eigenvalue weighted by Crippen LogP contribution is -2.68. The van der Waals surface area contributed by atoms with Crippen molar-refractivity contribution in [3.05, 3.63) is 17.2 Å². The third-order valence-electron chi connectivity index (χ3n) is 7.38. The third-order valence-corrected chi connectivity index (χ3v) is 7.38. The number of ketones is 4. The van der Waals surface area contributed by atoms with E-state index in [4.69, 9.17) is 5.73 Å². The van der Waals surface area contributed by atoms with Crippen LogP contribution in [0.1, 0.15) is 28.8 Å². The standard InChI is InChI=1S/C24H25N3O10/c1-27(2)13-8-12(26-23(35)37-4-3-28)18(30)16-11(13)6-9-5-10-7-14(29)17(22(25)34)21(33)24(10,36)20(32)15(9)19(16)31/h3,8-10,15,17,30,36H,4-7H2,1-2H3,(H2,25,34)(H,26,35)/t9-,10+,15?,17?,24+/m1/s1. The van der Waals surface area contributed by atoms with Crippen LogP contribution < -0.4 is 16.0 Å². The molecule has 196 valence electrons. The van der Waals surface area contributed by atoms with Crippen molar-refractivity contribution in [2.75, 3.05) is 30.9 Å². The first kappa shape index (κ1) is 25.9. The zero-order valence-corrected chi connectivity index (χ0v) is 20.0. The number of nitrogens with one attached hydrogen (secondary N) is 1. The number of benzene rings is 1. The van der Waals surface area contributed by atoms with Crippen LogP contribution in [0.3, 0.4) is 0 Å². The molecule has 4 rings (SSSR count). The van der Waals surface area contributed by atoms with Crippen LogP contribution in [0, 0.1) is 23.7 Å². The lowest BCUT2D eigenvalue weighted by Gasteiger charge is -2.48. The molecule has 2 saturated carbocycles. The first-order valence-electron chi connectivity index (χ1n) is 11.4. The number of phenols is 1. The number of carbonyl (C=O) groups excluding carboxylic acids is 7. The van der Waals surface area contributed by atoms with Gasteiger partial charge in [-0.3, -0.25) is 34.1 Å². The number of amides is 2. The van der Waals surface area contributed by atoms with Gasteiger partial charge in [-0.1, -0.05) is 0 Å². The molecule has 0 aromatic heterocycles. The summed E-state index contributed by atoms with van der Waals surface area (Å²) >= 11 is 0. The molecule has 5 N–H and O–H groups in total. The van der Waals surface area contributed by atoms with E-state index in [1.165, 1.54) is 6.07 Å². The second-order valence-electron chi connectivity index (χ2n) is 9.67. The van der Waals surface area contributed by atoms with Gasteiger partial charge in [-0.25, -0.2) is 4.79 Å². The molecule has 5 atom stereocenters. The van der Waals surface area contributed by atoms with Crippen LogP contribution in [-0.4, -0.2) is 77.9 Å². The maximum absolute atomic E-state index is 13.7. The highest BCUT2D eigenvalue weighted by Crippen LogP contribution is 2.52. The van der Waals surface area contributed by atoms with Gasteiger partial charge in [-0.2, -0.15) is 0 Å². The number of aliphatic hydroxyl groups is 1. The van der Waals surface area contributed by atoms with Crippen LogP contribution in [0.2, 0.25) is 0 Å². The van der Waals surface area contributed by atoms with Crippen molar-refractivity contribution >= 4 is 52.8 Å². The van der Waals surface area contributed by atoms with Crippen molar-refractivity contribution in [2.45, 2.75) is 24.9 Å². The maximum Gasteiger partial charge on any atom is 0.412 e. The Kier molecular flexibility index (Phi) is 6.36. The molecule has 3 aliphatic rings. The van der Waals surface area contributed by atoms with Gasteiger partial charge in [0.05, 0.1) is 17.2 Å².